The van der Waals surface area contributed by atoms with Crippen LogP contribution in [0, 0.1) is 0 Å². The maximum absolute atomic E-state index is 4.35. The number of rotatable bonds is 3. The molecule has 3 aromatic rings. The lowest BCUT2D eigenvalue weighted by atomic mass is 9.99. The van der Waals surface area contributed by atoms with Gasteiger partial charge in [-0.15, -0.1) is 0 Å². The van der Waals surface area contributed by atoms with Gasteiger partial charge in [-0.25, -0.2) is 0 Å². The van der Waals surface area contributed by atoms with E-state index in [0.717, 1.165) is 6.54 Å². The van der Waals surface area contributed by atoms with Crippen LogP contribution in [0.25, 0.3) is 21.9 Å². The molecule has 19 heavy (non-hydrogen) atoms. The molecule has 0 unspecified atom stereocenters. The number of hydrogen-bond donors (Lipinski definition) is 1. The van der Waals surface area contributed by atoms with E-state index in [-0.39, 0.29) is 0 Å². The van der Waals surface area contributed by atoms with Crippen molar-refractivity contribution < 1.29 is 0 Å². The zero-order valence-corrected chi connectivity index (χ0v) is 10.9. The number of aromatic nitrogens is 1. The summed E-state index contributed by atoms with van der Waals surface area (Å²) in [6.45, 7) is 0.839. The smallest absolute Gasteiger partial charge is 0.0346 e. The highest BCUT2D eigenvalue weighted by Gasteiger charge is 2.04. The van der Waals surface area contributed by atoms with Crippen LogP contribution in [0.1, 0.15) is 5.56 Å². The molecule has 0 fully saturated rings. The third kappa shape index (κ3) is 2.35. The number of nitrogens with zero attached hydrogens (tertiary/aromatic N) is 1. The fraction of sp³-hybridized carbons (Fsp3) is 0.118. The van der Waals surface area contributed by atoms with Crippen molar-refractivity contribution in [3.05, 3.63) is 66.5 Å². The molecule has 0 saturated heterocycles. The summed E-state index contributed by atoms with van der Waals surface area (Å²) >= 11 is 0. The SMILES string of the molecule is CNCc1cncc(-c2cccc3ccccc23)c1. The van der Waals surface area contributed by atoms with E-state index < -0.39 is 0 Å². The number of nitrogens with one attached hydrogen (secondary N) is 1. The van der Waals surface area contributed by atoms with Crippen LogP contribution in [-0.4, -0.2) is 12.0 Å². The van der Waals surface area contributed by atoms with E-state index in [1.54, 1.807) is 0 Å². The molecule has 1 heterocycles. The van der Waals surface area contributed by atoms with E-state index in [1.807, 2.05) is 19.4 Å². The zero-order chi connectivity index (χ0) is 13.1. The fourth-order valence-electron chi connectivity index (χ4n) is 2.41. The van der Waals surface area contributed by atoms with E-state index in [1.165, 1.54) is 27.5 Å². The van der Waals surface area contributed by atoms with Gasteiger partial charge in [-0.2, -0.15) is 0 Å². The Morgan fingerprint density at radius 3 is 2.74 bits per heavy atom. The van der Waals surface area contributed by atoms with E-state index in [9.17, 15) is 0 Å². The predicted molar refractivity (Wildman–Crippen MR) is 79.9 cm³/mol. The molecular formula is C17H16N2. The monoisotopic (exact) mass is 248 g/mol. The highest BCUT2D eigenvalue weighted by atomic mass is 14.8. The maximum Gasteiger partial charge on any atom is 0.0346 e. The number of benzene rings is 2. The van der Waals surface area contributed by atoms with Crippen molar-refractivity contribution in [3.63, 3.8) is 0 Å². The quantitative estimate of drug-likeness (QED) is 0.765. The Labute approximate surface area is 113 Å². The first-order chi connectivity index (χ1) is 9.38. The molecule has 3 rings (SSSR count). The molecular weight excluding hydrogens is 232 g/mol. The first kappa shape index (κ1) is 11.9. The van der Waals surface area contributed by atoms with Crippen LogP contribution in [0.5, 0.6) is 0 Å². The third-order valence-electron chi connectivity index (χ3n) is 3.28. The normalized spacial score (nSPS) is 10.8. The van der Waals surface area contributed by atoms with Crippen LogP contribution >= 0.6 is 0 Å². The van der Waals surface area contributed by atoms with Crippen LogP contribution < -0.4 is 5.32 Å². The Kier molecular flexibility index (Phi) is 3.25. The molecule has 2 aromatic carbocycles. The molecule has 0 spiro atoms. The molecule has 0 aliphatic rings. The minimum Gasteiger partial charge on any atom is -0.316 e. The topological polar surface area (TPSA) is 24.9 Å². The Bertz CT molecular complexity index is 699. The van der Waals surface area contributed by atoms with Crippen LogP contribution in [0.2, 0.25) is 0 Å². The van der Waals surface area contributed by atoms with Gasteiger partial charge in [0.05, 0.1) is 0 Å². The Hall–Kier alpha value is -2.19. The molecule has 0 bridgehead atoms. The van der Waals surface area contributed by atoms with Gasteiger partial charge in [0.15, 0.2) is 0 Å². The second kappa shape index (κ2) is 5.21. The second-order valence-electron chi connectivity index (χ2n) is 4.64. The third-order valence-corrected chi connectivity index (χ3v) is 3.28. The Morgan fingerprint density at radius 1 is 1.00 bits per heavy atom. The van der Waals surface area contributed by atoms with Crippen molar-refractivity contribution in [3.8, 4) is 11.1 Å². The Balaban J connectivity index is 2.16. The van der Waals surface area contributed by atoms with Gasteiger partial charge < -0.3 is 5.32 Å². The van der Waals surface area contributed by atoms with E-state index >= 15 is 0 Å². The molecule has 0 radical (unpaired) electrons. The van der Waals surface area contributed by atoms with Crippen molar-refractivity contribution in [2.75, 3.05) is 7.05 Å². The molecule has 2 nitrogen and oxygen atoms in total. The zero-order valence-electron chi connectivity index (χ0n) is 10.9. The molecule has 1 aromatic heterocycles. The predicted octanol–water partition coefficient (Wildman–Crippen LogP) is 3.62. The number of hydrogen-bond acceptors (Lipinski definition) is 2. The van der Waals surface area contributed by atoms with Gasteiger partial charge in [0.25, 0.3) is 0 Å². The summed E-state index contributed by atoms with van der Waals surface area (Å²) in [6.07, 6.45) is 3.84. The Morgan fingerprint density at radius 2 is 1.84 bits per heavy atom. The first-order valence-corrected chi connectivity index (χ1v) is 6.45. The van der Waals surface area contributed by atoms with Crippen molar-refractivity contribution in [2.45, 2.75) is 6.54 Å². The van der Waals surface area contributed by atoms with E-state index in [0.29, 0.717) is 0 Å². The minimum absolute atomic E-state index is 0.839. The van der Waals surface area contributed by atoms with E-state index in [2.05, 4.69) is 58.8 Å². The lowest BCUT2D eigenvalue weighted by Gasteiger charge is -2.08. The van der Waals surface area contributed by atoms with Gasteiger partial charge in [0.2, 0.25) is 0 Å². The largest absolute Gasteiger partial charge is 0.316 e. The van der Waals surface area contributed by atoms with Gasteiger partial charge >= 0.3 is 0 Å². The molecule has 0 aliphatic carbocycles. The van der Waals surface area contributed by atoms with Crippen molar-refractivity contribution in [1.29, 1.82) is 0 Å². The summed E-state index contributed by atoms with van der Waals surface area (Å²) in [5.74, 6) is 0. The van der Waals surface area contributed by atoms with Gasteiger partial charge in [-0.05, 0) is 35.0 Å². The van der Waals surface area contributed by atoms with Gasteiger partial charge in [0, 0.05) is 24.5 Å². The summed E-state index contributed by atoms with van der Waals surface area (Å²) in [6, 6.07) is 17.1. The van der Waals surface area contributed by atoms with Crippen molar-refractivity contribution >= 4 is 10.8 Å². The average Bonchev–Trinajstić information content (AvgIpc) is 2.47. The molecule has 0 amide bonds. The van der Waals surface area contributed by atoms with E-state index in [4.69, 9.17) is 0 Å². The average molecular weight is 248 g/mol. The van der Waals surface area contributed by atoms with Crippen LogP contribution in [-0.2, 0) is 6.54 Å². The van der Waals surface area contributed by atoms with Gasteiger partial charge in [-0.3, -0.25) is 4.98 Å². The lowest BCUT2D eigenvalue weighted by molar-refractivity contribution is 0.814. The lowest BCUT2D eigenvalue weighted by Crippen LogP contribution is -2.05. The summed E-state index contributed by atoms with van der Waals surface area (Å²) in [7, 11) is 1.95. The van der Waals surface area contributed by atoms with Gasteiger partial charge in [-0.1, -0.05) is 42.5 Å². The summed E-state index contributed by atoms with van der Waals surface area (Å²) in [5.41, 5.74) is 3.61. The second-order valence-corrected chi connectivity index (χ2v) is 4.64. The number of pyridine rings is 1. The summed E-state index contributed by atoms with van der Waals surface area (Å²) in [5, 5.41) is 5.69. The summed E-state index contributed by atoms with van der Waals surface area (Å²) < 4.78 is 0. The molecule has 1 N–H and O–H groups in total. The molecule has 94 valence electrons. The summed E-state index contributed by atoms with van der Waals surface area (Å²) in [4.78, 5) is 4.35. The fourth-order valence-corrected chi connectivity index (χ4v) is 2.41. The van der Waals surface area contributed by atoms with Crippen molar-refractivity contribution in [2.24, 2.45) is 0 Å². The molecule has 0 aliphatic heterocycles. The minimum atomic E-state index is 0.839. The number of fused-ring (bicyclic) bond motifs is 1. The standard InChI is InChI=1S/C17H16N2/c1-18-10-13-9-15(12-19-11-13)17-8-4-6-14-5-2-3-7-16(14)17/h2-9,11-12,18H,10H2,1H3. The molecule has 0 atom stereocenters. The highest BCUT2D eigenvalue weighted by molar-refractivity contribution is 5.96. The van der Waals surface area contributed by atoms with Crippen LogP contribution in [0.15, 0.2) is 60.9 Å². The van der Waals surface area contributed by atoms with Crippen LogP contribution in [0.3, 0.4) is 0 Å². The van der Waals surface area contributed by atoms with Crippen LogP contribution in [0.4, 0.5) is 0 Å². The molecule has 0 saturated carbocycles. The van der Waals surface area contributed by atoms with Gasteiger partial charge in [0.1, 0.15) is 0 Å². The molecule has 2 heteroatoms. The highest BCUT2D eigenvalue weighted by Crippen LogP contribution is 2.28. The first-order valence-electron chi connectivity index (χ1n) is 6.45. The maximum atomic E-state index is 4.35. The van der Waals surface area contributed by atoms with Crippen molar-refractivity contribution in [1.82, 2.24) is 10.3 Å².